The normalized spacial score (nSPS) is 36.2. The van der Waals surface area contributed by atoms with Crippen molar-refractivity contribution >= 4 is 6.09 Å². The van der Waals surface area contributed by atoms with Crippen molar-refractivity contribution in [2.45, 2.75) is 38.6 Å². The maximum Gasteiger partial charge on any atom is 0.407 e. The van der Waals surface area contributed by atoms with Gasteiger partial charge in [-0.2, -0.15) is 0 Å². The zero-order valence-corrected chi connectivity index (χ0v) is 8.08. The third-order valence-corrected chi connectivity index (χ3v) is 3.32. The van der Waals surface area contributed by atoms with Crippen molar-refractivity contribution in [3.63, 3.8) is 0 Å². The second kappa shape index (κ2) is 3.56. The predicted molar refractivity (Wildman–Crippen MR) is 49.4 cm³/mol. The van der Waals surface area contributed by atoms with Crippen molar-refractivity contribution in [1.82, 2.24) is 5.32 Å². The van der Waals surface area contributed by atoms with Gasteiger partial charge in [0.2, 0.25) is 0 Å². The summed E-state index contributed by atoms with van der Waals surface area (Å²) in [5.41, 5.74) is 0. The van der Waals surface area contributed by atoms with Gasteiger partial charge in [-0.05, 0) is 38.0 Å². The standard InChI is InChI=1S/C10H17NO2/c1-2-13-10(12)11-9-6-7-3-4-8(9)5-7/h7-9H,2-6H2,1H3,(H,11,12)/t7-,8+,9?/m1/s1. The van der Waals surface area contributed by atoms with E-state index in [9.17, 15) is 4.79 Å². The number of alkyl carbamates (subject to hydrolysis) is 1. The molecule has 3 atom stereocenters. The van der Waals surface area contributed by atoms with Crippen LogP contribution < -0.4 is 5.32 Å². The summed E-state index contributed by atoms with van der Waals surface area (Å²) in [6, 6.07) is 0.401. The molecule has 1 N–H and O–H groups in total. The van der Waals surface area contributed by atoms with Crippen LogP contribution in [-0.2, 0) is 4.74 Å². The van der Waals surface area contributed by atoms with Gasteiger partial charge < -0.3 is 10.1 Å². The topological polar surface area (TPSA) is 38.3 Å². The molecule has 0 spiro atoms. The van der Waals surface area contributed by atoms with Crippen LogP contribution in [0.3, 0.4) is 0 Å². The molecule has 0 aromatic heterocycles. The fraction of sp³-hybridized carbons (Fsp3) is 0.900. The highest BCUT2D eigenvalue weighted by atomic mass is 16.5. The van der Waals surface area contributed by atoms with Gasteiger partial charge >= 0.3 is 6.09 Å². The van der Waals surface area contributed by atoms with Crippen LogP contribution in [0.15, 0.2) is 0 Å². The van der Waals surface area contributed by atoms with Crippen LogP contribution in [0.4, 0.5) is 4.79 Å². The lowest BCUT2D eigenvalue weighted by molar-refractivity contribution is 0.143. The highest BCUT2D eigenvalue weighted by Crippen LogP contribution is 2.44. The van der Waals surface area contributed by atoms with Gasteiger partial charge in [0.1, 0.15) is 0 Å². The van der Waals surface area contributed by atoms with Crippen LogP contribution in [0.5, 0.6) is 0 Å². The number of carbonyl (C=O) groups is 1. The average Bonchev–Trinajstić information content (AvgIpc) is 2.65. The molecule has 0 radical (unpaired) electrons. The zero-order chi connectivity index (χ0) is 9.26. The van der Waals surface area contributed by atoms with Crippen molar-refractivity contribution in [3.8, 4) is 0 Å². The predicted octanol–water partition coefficient (Wildman–Crippen LogP) is 1.92. The summed E-state index contributed by atoms with van der Waals surface area (Å²) in [6.07, 6.45) is 4.91. The monoisotopic (exact) mass is 183 g/mol. The van der Waals surface area contributed by atoms with E-state index in [1.54, 1.807) is 0 Å². The highest BCUT2D eigenvalue weighted by molar-refractivity contribution is 5.67. The number of hydrogen-bond acceptors (Lipinski definition) is 2. The van der Waals surface area contributed by atoms with E-state index >= 15 is 0 Å². The molecular weight excluding hydrogens is 166 g/mol. The number of nitrogens with one attached hydrogen (secondary N) is 1. The van der Waals surface area contributed by atoms with Gasteiger partial charge in [0.05, 0.1) is 6.61 Å². The molecule has 2 aliphatic carbocycles. The summed E-state index contributed by atoms with van der Waals surface area (Å²) in [7, 11) is 0. The summed E-state index contributed by atoms with van der Waals surface area (Å²) < 4.78 is 4.86. The van der Waals surface area contributed by atoms with Crippen LogP contribution in [0.1, 0.15) is 32.6 Å². The van der Waals surface area contributed by atoms with E-state index in [2.05, 4.69) is 5.32 Å². The average molecular weight is 183 g/mol. The second-order valence-electron chi connectivity index (χ2n) is 4.15. The number of fused-ring (bicyclic) bond motifs is 2. The van der Waals surface area contributed by atoms with Gasteiger partial charge in [-0.15, -0.1) is 0 Å². The van der Waals surface area contributed by atoms with Gasteiger partial charge in [0.25, 0.3) is 0 Å². The van der Waals surface area contributed by atoms with E-state index in [-0.39, 0.29) is 6.09 Å². The Morgan fingerprint density at radius 3 is 2.85 bits per heavy atom. The minimum Gasteiger partial charge on any atom is -0.450 e. The quantitative estimate of drug-likeness (QED) is 0.710. The molecule has 2 saturated carbocycles. The Morgan fingerprint density at radius 1 is 1.46 bits per heavy atom. The van der Waals surface area contributed by atoms with Crippen molar-refractivity contribution in [2.75, 3.05) is 6.61 Å². The van der Waals surface area contributed by atoms with Gasteiger partial charge in [0, 0.05) is 6.04 Å². The Labute approximate surface area is 78.8 Å². The Kier molecular flexibility index (Phi) is 2.42. The van der Waals surface area contributed by atoms with Crippen LogP contribution in [0.25, 0.3) is 0 Å². The first-order chi connectivity index (χ1) is 6.29. The van der Waals surface area contributed by atoms with Crippen LogP contribution >= 0.6 is 0 Å². The number of amides is 1. The molecule has 2 aliphatic rings. The fourth-order valence-corrected chi connectivity index (χ4v) is 2.75. The third kappa shape index (κ3) is 1.79. The molecule has 74 valence electrons. The lowest BCUT2D eigenvalue weighted by Crippen LogP contribution is -2.38. The lowest BCUT2D eigenvalue weighted by atomic mass is 9.96. The van der Waals surface area contributed by atoms with E-state index in [0.717, 1.165) is 11.8 Å². The van der Waals surface area contributed by atoms with E-state index in [0.29, 0.717) is 12.6 Å². The first-order valence-corrected chi connectivity index (χ1v) is 5.23. The van der Waals surface area contributed by atoms with Crippen molar-refractivity contribution in [3.05, 3.63) is 0 Å². The first kappa shape index (κ1) is 8.85. The summed E-state index contributed by atoms with van der Waals surface area (Å²) in [4.78, 5) is 11.1. The molecule has 2 rings (SSSR count). The van der Waals surface area contributed by atoms with Crippen molar-refractivity contribution in [2.24, 2.45) is 11.8 Å². The molecule has 3 nitrogen and oxygen atoms in total. The highest BCUT2D eigenvalue weighted by Gasteiger charge is 2.40. The molecule has 0 aromatic carbocycles. The molecule has 13 heavy (non-hydrogen) atoms. The Hall–Kier alpha value is -0.730. The van der Waals surface area contributed by atoms with Crippen molar-refractivity contribution in [1.29, 1.82) is 0 Å². The molecule has 0 heterocycles. The lowest BCUT2D eigenvalue weighted by Gasteiger charge is -2.22. The molecule has 0 aromatic rings. The van der Waals surface area contributed by atoms with E-state index in [4.69, 9.17) is 4.74 Å². The molecule has 3 heteroatoms. The summed E-state index contributed by atoms with van der Waals surface area (Å²) >= 11 is 0. The summed E-state index contributed by atoms with van der Waals surface area (Å²) in [5, 5.41) is 2.95. The summed E-state index contributed by atoms with van der Waals surface area (Å²) in [6.45, 7) is 2.30. The van der Waals surface area contributed by atoms with Gasteiger partial charge in [0.15, 0.2) is 0 Å². The number of hydrogen-bond donors (Lipinski definition) is 1. The second-order valence-corrected chi connectivity index (χ2v) is 4.15. The number of ether oxygens (including phenoxy) is 1. The fourth-order valence-electron chi connectivity index (χ4n) is 2.75. The largest absolute Gasteiger partial charge is 0.450 e. The van der Waals surface area contributed by atoms with E-state index in [1.807, 2.05) is 6.92 Å². The van der Waals surface area contributed by atoms with E-state index in [1.165, 1.54) is 25.7 Å². The third-order valence-electron chi connectivity index (χ3n) is 3.32. The number of rotatable bonds is 2. The molecule has 2 fully saturated rings. The molecular formula is C10H17NO2. The Balaban J connectivity index is 1.79. The van der Waals surface area contributed by atoms with Crippen molar-refractivity contribution < 1.29 is 9.53 Å². The van der Waals surface area contributed by atoms with Gasteiger partial charge in [-0.1, -0.05) is 6.42 Å². The molecule has 1 unspecified atom stereocenters. The minimum absolute atomic E-state index is 0.236. The van der Waals surface area contributed by atoms with Gasteiger partial charge in [-0.25, -0.2) is 4.79 Å². The SMILES string of the molecule is CCOC(=O)NC1C[C@@H]2CC[C@H]1C2. The Morgan fingerprint density at radius 2 is 2.31 bits per heavy atom. The smallest absolute Gasteiger partial charge is 0.407 e. The number of carbonyl (C=O) groups excluding carboxylic acids is 1. The first-order valence-electron chi connectivity index (χ1n) is 5.23. The summed E-state index contributed by atoms with van der Waals surface area (Å²) in [5.74, 6) is 1.60. The molecule has 2 bridgehead atoms. The maximum atomic E-state index is 11.1. The minimum atomic E-state index is -0.236. The van der Waals surface area contributed by atoms with Crippen LogP contribution in [0.2, 0.25) is 0 Å². The Bertz CT molecular complexity index is 205. The zero-order valence-electron chi connectivity index (χ0n) is 8.08. The molecule has 1 amide bonds. The van der Waals surface area contributed by atoms with Crippen LogP contribution in [-0.4, -0.2) is 18.7 Å². The molecule has 0 saturated heterocycles. The maximum absolute atomic E-state index is 11.1. The van der Waals surface area contributed by atoms with Crippen LogP contribution in [0, 0.1) is 11.8 Å². The van der Waals surface area contributed by atoms with E-state index < -0.39 is 0 Å². The van der Waals surface area contributed by atoms with Gasteiger partial charge in [-0.3, -0.25) is 0 Å². The molecule has 0 aliphatic heterocycles.